The summed E-state index contributed by atoms with van der Waals surface area (Å²) in [7, 11) is 0. The second-order valence-corrected chi connectivity index (χ2v) is 12.8. The molecule has 2 bridgehead atoms. The predicted molar refractivity (Wildman–Crippen MR) is 151 cm³/mol. The van der Waals surface area contributed by atoms with Gasteiger partial charge in [-0.2, -0.15) is 0 Å². The van der Waals surface area contributed by atoms with E-state index < -0.39 is 28.6 Å². The van der Waals surface area contributed by atoms with Crippen molar-refractivity contribution in [1.29, 1.82) is 0 Å². The summed E-state index contributed by atoms with van der Waals surface area (Å²) in [5.41, 5.74) is 1.51. The van der Waals surface area contributed by atoms with Gasteiger partial charge in [-0.25, -0.2) is 4.68 Å². The van der Waals surface area contributed by atoms with Gasteiger partial charge in [-0.1, -0.05) is 52.0 Å². The van der Waals surface area contributed by atoms with Crippen LogP contribution in [0.2, 0.25) is 0 Å². The lowest BCUT2D eigenvalue weighted by Gasteiger charge is -2.37. The number of nitrogens with zero attached hydrogens (tertiary/aromatic N) is 5. The van der Waals surface area contributed by atoms with Crippen LogP contribution in [-0.2, 0) is 25.8 Å². The molecule has 3 saturated heterocycles. The lowest BCUT2D eigenvalue weighted by Crippen LogP contribution is -2.55. The Kier molecular flexibility index (Phi) is 8.16. The third-order valence-electron chi connectivity index (χ3n) is 7.83. The maximum absolute atomic E-state index is 14.5. The Bertz CT molecular complexity index is 1290. The van der Waals surface area contributed by atoms with Crippen LogP contribution >= 0.6 is 27.7 Å². The molecule has 3 aliphatic rings. The molecular formula is C27H32BrN5O5S. The average Bonchev–Trinajstić information content (AvgIpc) is 3.64. The first-order valence-corrected chi connectivity index (χ1v) is 14.9. The lowest BCUT2D eigenvalue weighted by molar-refractivity contribution is -0.153. The van der Waals surface area contributed by atoms with Crippen LogP contribution in [0, 0.1) is 11.8 Å². The first-order valence-electron chi connectivity index (χ1n) is 13.1. The fourth-order valence-corrected chi connectivity index (χ4v) is 9.87. The highest BCUT2D eigenvalue weighted by Gasteiger charge is 2.76. The van der Waals surface area contributed by atoms with Gasteiger partial charge < -0.3 is 19.6 Å². The first-order chi connectivity index (χ1) is 18.9. The molecule has 2 aromatic rings. The second kappa shape index (κ2) is 11.4. The van der Waals surface area contributed by atoms with Crippen molar-refractivity contribution >= 4 is 56.5 Å². The molecule has 2 amide bonds. The molecule has 4 heterocycles. The van der Waals surface area contributed by atoms with Crippen molar-refractivity contribution in [3.8, 4) is 0 Å². The van der Waals surface area contributed by atoms with Crippen molar-refractivity contribution < 1.29 is 24.2 Å². The number of para-hydroxylation sites is 1. The van der Waals surface area contributed by atoms with Gasteiger partial charge in [0.15, 0.2) is 0 Å². The summed E-state index contributed by atoms with van der Waals surface area (Å²) >= 11 is 5.32. The van der Waals surface area contributed by atoms with E-state index in [4.69, 9.17) is 4.74 Å². The summed E-state index contributed by atoms with van der Waals surface area (Å²) in [6, 6.07) is 6.73. The largest absolute Gasteiger partial charge is 0.461 e. The number of alkyl halides is 1. The molecule has 5 rings (SSSR count). The molecule has 0 aliphatic carbocycles. The zero-order valence-electron chi connectivity index (χ0n) is 21.5. The number of halogens is 1. The summed E-state index contributed by atoms with van der Waals surface area (Å²) in [5, 5.41) is 17.7. The van der Waals surface area contributed by atoms with Crippen LogP contribution in [0.3, 0.4) is 0 Å². The molecule has 3 aliphatic heterocycles. The number of hydrogen-bond donors (Lipinski definition) is 1. The molecule has 10 nitrogen and oxygen atoms in total. The van der Waals surface area contributed by atoms with Crippen LogP contribution in [0.4, 0.5) is 0 Å². The number of thioether (sulfide) groups is 1. The lowest BCUT2D eigenvalue weighted by atomic mass is 9.71. The number of ether oxygens (including phenoxy) is 1. The van der Waals surface area contributed by atoms with Crippen LogP contribution in [0.15, 0.2) is 49.6 Å². The number of amides is 2. The monoisotopic (exact) mass is 617 g/mol. The smallest absolute Gasteiger partial charge is 0.311 e. The predicted octanol–water partition coefficient (Wildman–Crippen LogP) is 2.37. The van der Waals surface area contributed by atoms with Crippen molar-refractivity contribution in [2.45, 2.75) is 46.8 Å². The number of carbonyl (C=O) groups is 3. The van der Waals surface area contributed by atoms with Crippen LogP contribution in [0.5, 0.6) is 0 Å². The normalized spacial score (nSPS) is 29.0. The second-order valence-electron chi connectivity index (χ2n) is 10.1. The summed E-state index contributed by atoms with van der Waals surface area (Å²) in [4.78, 5) is 45.0. The van der Waals surface area contributed by atoms with Gasteiger partial charge in [-0.15, -0.1) is 23.4 Å². The number of aliphatic hydroxyl groups excluding tert-OH is 1. The first kappa shape index (κ1) is 27.9. The average molecular weight is 619 g/mol. The molecule has 1 spiro atoms. The molecule has 3 fully saturated rings. The van der Waals surface area contributed by atoms with Gasteiger partial charge in [0.05, 0.1) is 22.1 Å². The summed E-state index contributed by atoms with van der Waals surface area (Å²) in [5.74, 6) is -2.18. The van der Waals surface area contributed by atoms with Crippen LogP contribution in [0.25, 0.3) is 11.0 Å². The summed E-state index contributed by atoms with van der Waals surface area (Å²) in [6.45, 7) is 8.23. The van der Waals surface area contributed by atoms with Crippen molar-refractivity contribution in [2.24, 2.45) is 11.8 Å². The Labute approximate surface area is 239 Å². The van der Waals surface area contributed by atoms with Crippen LogP contribution in [0.1, 0.15) is 19.3 Å². The molecule has 1 aromatic heterocycles. The standard InChI is InChI=1S/C27H32BrN5O5S/c1-3-11-31(16-33-19-10-6-5-9-18(19)29-30-33)25(36)23-27-15-17(28)22(39-27)20(26(37)38-14-4-2)21(27)24(35)32(23)12-7-8-13-34/h3-6,9-10,17,20-23,34H,1-2,7-8,11-16H2/t17?,20-,21-,22-,23?,27?/m0/s1. The quantitative estimate of drug-likeness (QED) is 0.167. The summed E-state index contributed by atoms with van der Waals surface area (Å²) < 4.78 is 6.32. The van der Waals surface area contributed by atoms with Gasteiger partial charge >= 0.3 is 5.97 Å². The molecule has 3 unspecified atom stereocenters. The molecule has 0 saturated carbocycles. The van der Waals surface area contributed by atoms with Gasteiger partial charge in [-0.3, -0.25) is 14.4 Å². The van der Waals surface area contributed by atoms with Crippen molar-refractivity contribution in [2.75, 3.05) is 26.3 Å². The number of carbonyl (C=O) groups excluding carboxylic acids is 3. The van der Waals surface area contributed by atoms with E-state index in [1.54, 1.807) is 32.3 Å². The number of rotatable bonds is 12. The Morgan fingerprint density at radius 2 is 2.08 bits per heavy atom. The third kappa shape index (κ3) is 4.70. The van der Waals surface area contributed by atoms with Gasteiger partial charge in [0.25, 0.3) is 0 Å². The van der Waals surface area contributed by atoms with E-state index in [1.807, 2.05) is 24.3 Å². The van der Waals surface area contributed by atoms with Crippen LogP contribution < -0.4 is 0 Å². The SMILES string of the molecule is C=CCOC(=O)[C@H]1[C@H]2C(=O)N(CCCCO)C(C(=O)N(CC=C)Cn3nnc4ccccc43)C23CC(Br)[C@@H]1S3. The molecule has 0 radical (unpaired) electrons. The number of benzene rings is 1. The molecule has 1 N–H and O–H groups in total. The van der Waals surface area contributed by atoms with E-state index in [0.29, 0.717) is 25.8 Å². The highest BCUT2D eigenvalue weighted by Crippen LogP contribution is 2.68. The molecule has 6 atom stereocenters. The Hall–Kier alpha value is -2.70. The van der Waals surface area contributed by atoms with E-state index >= 15 is 0 Å². The molecule has 12 heteroatoms. The van der Waals surface area contributed by atoms with Gasteiger partial charge in [-0.05, 0) is 31.4 Å². The molecule has 39 heavy (non-hydrogen) atoms. The number of likely N-dealkylation sites (tertiary alicyclic amines) is 1. The zero-order chi connectivity index (χ0) is 27.7. The van der Waals surface area contributed by atoms with E-state index in [1.165, 1.54) is 6.08 Å². The van der Waals surface area contributed by atoms with Gasteiger partial charge in [0.1, 0.15) is 24.8 Å². The number of unbranched alkanes of at least 4 members (excludes halogenated alkanes) is 1. The fraction of sp³-hybridized carbons (Fsp3) is 0.519. The van der Waals surface area contributed by atoms with E-state index in [0.717, 1.165) is 11.0 Å². The molecule has 208 valence electrons. The van der Waals surface area contributed by atoms with Crippen LogP contribution in [-0.4, -0.2) is 94.9 Å². The molecule has 1 aromatic carbocycles. The van der Waals surface area contributed by atoms with Crippen molar-refractivity contribution in [3.05, 3.63) is 49.6 Å². The Morgan fingerprint density at radius 3 is 2.82 bits per heavy atom. The number of hydrogen-bond acceptors (Lipinski definition) is 8. The number of fused-ring (bicyclic) bond motifs is 2. The van der Waals surface area contributed by atoms with Gasteiger partial charge in [0, 0.05) is 29.8 Å². The molecular weight excluding hydrogens is 586 g/mol. The zero-order valence-corrected chi connectivity index (χ0v) is 23.9. The topological polar surface area (TPSA) is 118 Å². The van der Waals surface area contributed by atoms with Crippen molar-refractivity contribution in [1.82, 2.24) is 24.8 Å². The summed E-state index contributed by atoms with van der Waals surface area (Å²) in [6.07, 6.45) is 4.78. The Morgan fingerprint density at radius 1 is 1.28 bits per heavy atom. The third-order valence-corrected chi connectivity index (χ3v) is 11.1. The van der Waals surface area contributed by atoms with Crippen molar-refractivity contribution in [3.63, 3.8) is 0 Å². The highest BCUT2D eigenvalue weighted by molar-refractivity contribution is 9.09. The Balaban J connectivity index is 1.51. The highest BCUT2D eigenvalue weighted by atomic mass is 79.9. The van der Waals surface area contributed by atoms with E-state index in [2.05, 4.69) is 39.4 Å². The maximum atomic E-state index is 14.5. The number of esters is 1. The van der Waals surface area contributed by atoms with Gasteiger partial charge in [0.2, 0.25) is 11.8 Å². The van der Waals surface area contributed by atoms with E-state index in [-0.39, 0.29) is 48.3 Å². The minimum atomic E-state index is -0.784. The minimum Gasteiger partial charge on any atom is -0.461 e. The van der Waals surface area contributed by atoms with E-state index in [9.17, 15) is 19.5 Å². The minimum absolute atomic E-state index is 0.00597. The fourth-order valence-electron chi connectivity index (χ4n) is 6.28. The maximum Gasteiger partial charge on any atom is 0.311 e. The number of aliphatic hydroxyl groups is 1. The number of aromatic nitrogens is 3.